The maximum absolute atomic E-state index is 12.2. The van der Waals surface area contributed by atoms with Crippen LogP contribution in [-0.4, -0.2) is 49.8 Å². The number of aromatic nitrogens is 1. The highest BCUT2D eigenvalue weighted by Gasteiger charge is 2.07. The van der Waals surface area contributed by atoms with Gasteiger partial charge in [0, 0.05) is 37.4 Å². The molecule has 0 fully saturated rings. The van der Waals surface area contributed by atoms with Crippen LogP contribution in [0.5, 0.6) is 5.75 Å². The second-order valence-electron chi connectivity index (χ2n) is 7.24. The Morgan fingerprint density at radius 1 is 1.09 bits per heavy atom. The highest BCUT2D eigenvalue weighted by molar-refractivity contribution is 5.90. The van der Waals surface area contributed by atoms with Crippen LogP contribution in [0, 0.1) is 13.8 Å². The number of guanidine groups is 1. The average molecular weight is 442 g/mol. The van der Waals surface area contributed by atoms with Crippen molar-refractivity contribution in [2.45, 2.75) is 40.7 Å². The normalized spacial score (nSPS) is 11.2. The number of carbonyl (C=O) groups is 1. The van der Waals surface area contributed by atoms with Gasteiger partial charge in [0.2, 0.25) is 5.91 Å². The fourth-order valence-corrected chi connectivity index (χ4v) is 2.90. The molecular weight excluding hydrogens is 406 g/mol. The van der Waals surface area contributed by atoms with E-state index in [-0.39, 0.29) is 5.91 Å². The Kier molecular flexibility index (Phi) is 11.0. The summed E-state index contributed by atoms with van der Waals surface area (Å²) in [7, 11) is 0. The molecule has 0 saturated carbocycles. The van der Waals surface area contributed by atoms with Crippen molar-refractivity contribution in [3.63, 3.8) is 0 Å². The van der Waals surface area contributed by atoms with Gasteiger partial charge in [0.15, 0.2) is 5.96 Å². The minimum Gasteiger partial charge on any atom is -0.491 e. The van der Waals surface area contributed by atoms with Crippen LogP contribution in [0.4, 0.5) is 5.82 Å². The molecule has 32 heavy (non-hydrogen) atoms. The van der Waals surface area contributed by atoms with Gasteiger partial charge in [0.05, 0.1) is 13.2 Å². The van der Waals surface area contributed by atoms with E-state index < -0.39 is 0 Å². The fourth-order valence-electron chi connectivity index (χ4n) is 2.90. The summed E-state index contributed by atoms with van der Waals surface area (Å²) in [6.45, 7) is 11.2. The molecule has 0 unspecified atom stereocenters. The molecule has 1 aromatic carbocycles. The first-order chi connectivity index (χ1) is 15.5. The van der Waals surface area contributed by atoms with Gasteiger partial charge >= 0.3 is 0 Å². The summed E-state index contributed by atoms with van der Waals surface area (Å²) in [5.41, 5.74) is 2.98. The molecule has 0 aliphatic carbocycles. The van der Waals surface area contributed by atoms with Crippen LogP contribution in [0.25, 0.3) is 0 Å². The van der Waals surface area contributed by atoms with Crippen LogP contribution in [0.2, 0.25) is 0 Å². The number of nitrogens with zero attached hydrogens (tertiary/aromatic N) is 2. The largest absolute Gasteiger partial charge is 0.491 e. The van der Waals surface area contributed by atoms with Crippen molar-refractivity contribution >= 4 is 17.7 Å². The molecule has 0 atom stereocenters. The number of nitrogens with one attached hydrogen (secondary N) is 3. The molecule has 1 amide bonds. The first kappa shape index (κ1) is 25.1. The third-order valence-corrected chi connectivity index (χ3v) is 4.46. The van der Waals surface area contributed by atoms with Gasteiger partial charge in [-0.1, -0.05) is 18.2 Å². The molecule has 2 aromatic rings. The molecular formula is C24H35N5O3. The summed E-state index contributed by atoms with van der Waals surface area (Å²) >= 11 is 0. The molecule has 8 heteroatoms. The molecule has 0 spiro atoms. The van der Waals surface area contributed by atoms with Crippen LogP contribution in [0.3, 0.4) is 0 Å². The van der Waals surface area contributed by atoms with E-state index in [1.54, 1.807) is 6.07 Å². The number of ether oxygens (including phenoxy) is 2. The molecule has 0 aliphatic heterocycles. The first-order valence-corrected chi connectivity index (χ1v) is 11.1. The van der Waals surface area contributed by atoms with Crippen molar-refractivity contribution < 1.29 is 14.3 Å². The molecule has 3 N–H and O–H groups in total. The van der Waals surface area contributed by atoms with E-state index in [2.05, 4.69) is 25.9 Å². The second kappa shape index (κ2) is 14.0. The molecule has 0 radical (unpaired) electrons. The number of amides is 1. The molecule has 0 saturated heterocycles. The SMILES string of the molecule is CCNC(=NCc1ccc(C)cc1OCCOCC)NCCC(=O)Nc1cccc(C)n1. The second-order valence-corrected chi connectivity index (χ2v) is 7.24. The lowest BCUT2D eigenvalue weighted by Crippen LogP contribution is -2.38. The van der Waals surface area contributed by atoms with Crippen molar-refractivity contribution in [1.82, 2.24) is 15.6 Å². The number of carbonyl (C=O) groups excluding carboxylic acids is 1. The highest BCUT2D eigenvalue weighted by Crippen LogP contribution is 2.21. The van der Waals surface area contributed by atoms with Gasteiger partial charge in [-0.25, -0.2) is 9.98 Å². The minimum absolute atomic E-state index is 0.102. The number of hydrogen-bond acceptors (Lipinski definition) is 5. The predicted octanol–water partition coefficient (Wildman–Crippen LogP) is 3.20. The van der Waals surface area contributed by atoms with E-state index in [9.17, 15) is 4.79 Å². The lowest BCUT2D eigenvalue weighted by atomic mass is 10.1. The third-order valence-electron chi connectivity index (χ3n) is 4.46. The topological polar surface area (TPSA) is 96.9 Å². The van der Waals surface area contributed by atoms with E-state index in [1.807, 2.05) is 58.0 Å². The van der Waals surface area contributed by atoms with Crippen molar-refractivity contribution in [2.75, 3.05) is 38.2 Å². The maximum Gasteiger partial charge on any atom is 0.227 e. The van der Waals surface area contributed by atoms with Gasteiger partial charge in [-0.2, -0.15) is 0 Å². The van der Waals surface area contributed by atoms with E-state index in [0.717, 1.165) is 29.1 Å². The summed E-state index contributed by atoms with van der Waals surface area (Å²) in [5, 5.41) is 9.23. The summed E-state index contributed by atoms with van der Waals surface area (Å²) in [4.78, 5) is 21.1. The monoisotopic (exact) mass is 441 g/mol. The zero-order chi connectivity index (χ0) is 23.2. The van der Waals surface area contributed by atoms with E-state index in [0.29, 0.717) is 51.1 Å². The van der Waals surface area contributed by atoms with E-state index >= 15 is 0 Å². The van der Waals surface area contributed by atoms with Gasteiger partial charge in [-0.05, 0) is 51.5 Å². The number of rotatable bonds is 12. The molecule has 174 valence electrons. The van der Waals surface area contributed by atoms with Crippen molar-refractivity contribution in [1.29, 1.82) is 0 Å². The summed E-state index contributed by atoms with van der Waals surface area (Å²) in [6.07, 6.45) is 0.302. The van der Waals surface area contributed by atoms with Crippen LogP contribution in [0.15, 0.2) is 41.4 Å². The molecule has 8 nitrogen and oxygen atoms in total. The highest BCUT2D eigenvalue weighted by atomic mass is 16.5. The number of pyridine rings is 1. The summed E-state index contributed by atoms with van der Waals surface area (Å²) < 4.78 is 11.2. The lowest BCUT2D eigenvalue weighted by molar-refractivity contribution is -0.116. The molecule has 0 bridgehead atoms. The summed E-state index contributed by atoms with van der Waals surface area (Å²) in [6, 6.07) is 11.6. The van der Waals surface area contributed by atoms with Crippen molar-refractivity contribution in [3.8, 4) is 5.75 Å². The van der Waals surface area contributed by atoms with Gasteiger partial charge in [-0.3, -0.25) is 4.79 Å². The Balaban J connectivity index is 1.90. The third kappa shape index (κ3) is 9.34. The zero-order valence-electron chi connectivity index (χ0n) is 19.5. The Labute approximate surface area is 190 Å². The van der Waals surface area contributed by atoms with Gasteiger partial charge < -0.3 is 25.4 Å². The number of hydrogen-bond donors (Lipinski definition) is 3. The standard InChI is InChI=1S/C24H35N5O3/c1-5-25-24(26-13-12-23(30)29-22-9-7-8-19(4)28-22)27-17-20-11-10-18(3)16-21(20)32-15-14-31-6-2/h7-11,16H,5-6,12-15,17H2,1-4H3,(H2,25,26,27)(H,28,29,30). The van der Waals surface area contributed by atoms with Crippen LogP contribution >= 0.6 is 0 Å². The van der Waals surface area contributed by atoms with Gasteiger partial charge in [0.1, 0.15) is 18.2 Å². The van der Waals surface area contributed by atoms with Crippen molar-refractivity contribution in [3.05, 3.63) is 53.2 Å². The molecule has 2 rings (SSSR count). The molecule has 1 heterocycles. The van der Waals surface area contributed by atoms with Crippen molar-refractivity contribution in [2.24, 2.45) is 4.99 Å². The molecule has 1 aromatic heterocycles. The zero-order valence-corrected chi connectivity index (χ0v) is 19.5. The maximum atomic E-state index is 12.2. The van der Waals surface area contributed by atoms with Crippen LogP contribution in [-0.2, 0) is 16.1 Å². The molecule has 0 aliphatic rings. The van der Waals surface area contributed by atoms with E-state index in [1.165, 1.54) is 0 Å². The average Bonchev–Trinajstić information content (AvgIpc) is 2.76. The lowest BCUT2D eigenvalue weighted by Gasteiger charge is -2.14. The number of aliphatic imine (C=N–C) groups is 1. The quantitative estimate of drug-likeness (QED) is 0.266. The van der Waals surface area contributed by atoms with Crippen LogP contribution < -0.4 is 20.7 Å². The number of aryl methyl sites for hydroxylation is 2. The predicted molar refractivity (Wildman–Crippen MR) is 128 cm³/mol. The number of anilines is 1. The van der Waals surface area contributed by atoms with Crippen LogP contribution in [0.1, 0.15) is 37.1 Å². The first-order valence-electron chi connectivity index (χ1n) is 11.1. The van der Waals surface area contributed by atoms with Gasteiger partial charge in [0.25, 0.3) is 0 Å². The Morgan fingerprint density at radius 3 is 2.69 bits per heavy atom. The fraction of sp³-hybridized carbons (Fsp3) is 0.458. The Bertz CT molecular complexity index is 886. The minimum atomic E-state index is -0.102. The summed E-state index contributed by atoms with van der Waals surface area (Å²) in [5.74, 6) is 1.92. The smallest absolute Gasteiger partial charge is 0.227 e. The Hall–Kier alpha value is -3.13. The van der Waals surface area contributed by atoms with Gasteiger partial charge in [-0.15, -0.1) is 0 Å². The Morgan fingerprint density at radius 2 is 1.94 bits per heavy atom. The number of benzene rings is 1. The van der Waals surface area contributed by atoms with E-state index in [4.69, 9.17) is 9.47 Å².